The van der Waals surface area contributed by atoms with Crippen LogP contribution in [0.4, 0.5) is 0 Å². The second-order valence-electron chi connectivity index (χ2n) is 5.89. The third-order valence-corrected chi connectivity index (χ3v) is 4.60. The standard InChI is InChI=1S/C16H21NO3/c1-10-6-4-7-12(11(10)2)14(18)17-13-8-5-9-16(13,3)15(19)20/h4,6-7,13H,5,8-9H2,1-3H3,(H,17,18)(H,19,20). The lowest BCUT2D eigenvalue weighted by Crippen LogP contribution is -2.47. The van der Waals surface area contributed by atoms with Crippen molar-refractivity contribution in [3.8, 4) is 0 Å². The fraction of sp³-hybridized carbons (Fsp3) is 0.500. The minimum absolute atomic E-state index is 0.175. The molecule has 1 aromatic carbocycles. The summed E-state index contributed by atoms with van der Waals surface area (Å²) in [6, 6.07) is 5.29. The third kappa shape index (κ3) is 2.42. The Balaban J connectivity index is 2.20. The molecular formula is C16H21NO3. The van der Waals surface area contributed by atoms with Crippen molar-refractivity contribution in [3.05, 3.63) is 34.9 Å². The van der Waals surface area contributed by atoms with E-state index in [0.717, 1.165) is 24.0 Å². The molecule has 0 saturated heterocycles. The van der Waals surface area contributed by atoms with Crippen molar-refractivity contribution in [2.75, 3.05) is 0 Å². The summed E-state index contributed by atoms with van der Waals surface area (Å²) in [5, 5.41) is 12.3. The molecule has 2 rings (SSSR count). The Bertz CT molecular complexity index is 553. The Morgan fingerprint density at radius 3 is 2.70 bits per heavy atom. The van der Waals surface area contributed by atoms with Crippen molar-refractivity contribution >= 4 is 11.9 Å². The van der Waals surface area contributed by atoms with Gasteiger partial charge in [0.2, 0.25) is 0 Å². The van der Waals surface area contributed by atoms with Crippen LogP contribution in [0, 0.1) is 19.3 Å². The predicted molar refractivity (Wildman–Crippen MR) is 76.8 cm³/mol. The average Bonchev–Trinajstić information content (AvgIpc) is 2.75. The summed E-state index contributed by atoms with van der Waals surface area (Å²) >= 11 is 0. The molecule has 0 bridgehead atoms. The van der Waals surface area contributed by atoms with Crippen LogP contribution in [-0.4, -0.2) is 23.0 Å². The van der Waals surface area contributed by atoms with E-state index in [1.54, 1.807) is 13.0 Å². The number of carbonyl (C=O) groups excluding carboxylic acids is 1. The molecule has 0 radical (unpaired) electrons. The number of aliphatic carboxylic acids is 1. The molecule has 2 atom stereocenters. The van der Waals surface area contributed by atoms with Gasteiger partial charge in [0, 0.05) is 11.6 Å². The van der Waals surface area contributed by atoms with Gasteiger partial charge in [-0.2, -0.15) is 0 Å². The van der Waals surface area contributed by atoms with Gasteiger partial charge < -0.3 is 10.4 Å². The third-order valence-electron chi connectivity index (χ3n) is 4.60. The number of hydrogen-bond donors (Lipinski definition) is 2. The van der Waals surface area contributed by atoms with Crippen molar-refractivity contribution < 1.29 is 14.7 Å². The van der Waals surface area contributed by atoms with Crippen LogP contribution >= 0.6 is 0 Å². The summed E-state index contributed by atoms with van der Waals surface area (Å²) in [4.78, 5) is 23.8. The van der Waals surface area contributed by atoms with Gasteiger partial charge in [0.1, 0.15) is 0 Å². The number of carboxylic acids is 1. The normalized spacial score (nSPS) is 25.4. The van der Waals surface area contributed by atoms with Crippen molar-refractivity contribution in [1.82, 2.24) is 5.32 Å². The SMILES string of the molecule is Cc1cccc(C(=O)NC2CCCC2(C)C(=O)O)c1C. The lowest BCUT2D eigenvalue weighted by molar-refractivity contribution is -0.148. The first-order valence-corrected chi connectivity index (χ1v) is 6.97. The fourth-order valence-electron chi connectivity index (χ4n) is 2.89. The Morgan fingerprint density at radius 2 is 2.05 bits per heavy atom. The van der Waals surface area contributed by atoms with Gasteiger partial charge in [0.25, 0.3) is 5.91 Å². The summed E-state index contributed by atoms with van der Waals surface area (Å²) in [7, 11) is 0. The van der Waals surface area contributed by atoms with Crippen molar-refractivity contribution in [1.29, 1.82) is 0 Å². The largest absolute Gasteiger partial charge is 0.481 e. The molecule has 1 fully saturated rings. The van der Waals surface area contributed by atoms with Crippen molar-refractivity contribution in [3.63, 3.8) is 0 Å². The summed E-state index contributed by atoms with van der Waals surface area (Å²) in [5.41, 5.74) is 1.78. The first-order valence-electron chi connectivity index (χ1n) is 6.97. The monoisotopic (exact) mass is 275 g/mol. The van der Waals surface area contributed by atoms with Gasteiger partial charge in [0.15, 0.2) is 0 Å². The van der Waals surface area contributed by atoms with Crippen LogP contribution in [0.2, 0.25) is 0 Å². The van der Waals surface area contributed by atoms with Crippen LogP contribution in [-0.2, 0) is 4.79 Å². The van der Waals surface area contributed by atoms with Crippen LogP contribution in [0.1, 0.15) is 47.7 Å². The van der Waals surface area contributed by atoms with Gasteiger partial charge in [-0.15, -0.1) is 0 Å². The second kappa shape index (κ2) is 5.27. The molecule has 1 amide bonds. The smallest absolute Gasteiger partial charge is 0.311 e. The zero-order valence-corrected chi connectivity index (χ0v) is 12.2. The zero-order chi connectivity index (χ0) is 14.9. The van der Waals surface area contributed by atoms with Crippen LogP contribution < -0.4 is 5.32 Å². The van der Waals surface area contributed by atoms with E-state index in [1.165, 1.54) is 0 Å². The Labute approximate surface area is 119 Å². The van der Waals surface area contributed by atoms with Crippen LogP contribution in [0.5, 0.6) is 0 Å². The lowest BCUT2D eigenvalue weighted by atomic mass is 9.84. The van der Waals surface area contributed by atoms with Gasteiger partial charge in [-0.05, 0) is 50.8 Å². The van der Waals surface area contributed by atoms with E-state index in [2.05, 4.69) is 5.32 Å². The van der Waals surface area contributed by atoms with Gasteiger partial charge in [-0.1, -0.05) is 18.6 Å². The molecule has 108 valence electrons. The van der Waals surface area contributed by atoms with Crippen LogP contribution in [0.25, 0.3) is 0 Å². The minimum Gasteiger partial charge on any atom is -0.481 e. The van der Waals surface area contributed by atoms with E-state index in [0.29, 0.717) is 12.0 Å². The first-order chi connectivity index (χ1) is 9.36. The predicted octanol–water partition coefficient (Wildman–Crippen LogP) is 2.68. The number of benzene rings is 1. The number of carbonyl (C=O) groups is 2. The molecule has 1 aliphatic carbocycles. The van der Waals surface area contributed by atoms with E-state index in [9.17, 15) is 14.7 Å². The van der Waals surface area contributed by atoms with E-state index in [1.807, 2.05) is 26.0 Å². The molecule has 2 N–H and O–H groups in total. The van der Waals surface area contributed by atoms with E-state index in [-0.39, 0.29) is 11.9 Å². The van der Waals surface area contributed by atoms with E-state index in [4.69, 9.17) is 0 Å². The summed E-state index contributed by atoms with van der Waals surface area (Å²) in [6.07, 6.45) is 2.17. The summed E-state index contributed by atoms with van der Waals surface area (Å²) in [5.74, 6) is -1.01. The molecule has 4 heteroatoms. The maximum atomic E-state index is 12.4. The zero-order valence-electron chi connectivity index (χ0n) is 12.2. The minimum atomic E-state index is -0.854. The van der Waals surface area contributed by atoms with Gasteiger partial charge in [-0.3, -0.25) is 9.59 Å². The highest BCUT2D eigenvalue weighted by molar-refractivity contribution is 5.96. The maximum absolute atomic E-state index is 12.4. The van der Waals surface area contributed by atoms with Gasteiger partial charge >= 0.3 is 5.97 Å². The number of amides is 1. The summed E-state index contributed by atoms with van der Waals surface area (Å²) in [6.45, 7) is 5.59. The number of carboxylic acid groups (broad SMARTS) is 1. The fourth-order valence-corrected chi connectivity index (χ4v) is 2.89. The second-order valence-corrected chi connectivity index (χ2v) is 5.89. The molecule has 1 aromatic rings. The van der Waals surface area contributed by atoms with Crippen LogP contribution in [0.15, 0.2) is 18.2 Å². The molecule has 1 aliphatic rings. The number of hydrogen-bond acceptors (Lipinski definition) is 2. The molecule has 1 saturated carbocycles. The molecule has 2 unspecified atom stereocenters. The van der Waals surface area contributed by atoms with Gasteiger partial charge in [0.05, 0.1) is 5.41 Å². The van der Waals surface area contributed by atoms with E-state index < -0.39 is 11.4 Å². The molecular weight excluding hydrogens is 254 g/mol. The van der Waals surface area contributed by atoms with Crippen molar-refractivity contribution in [2.45, 2.75) is 46.1 Å². The molecule has 0 spiro atoms. The quantitative estimate of drug-likeness (QED) is 0.891. The molecule has 0 aromatic heterocycles. The number of rotatable bonds is 3. The topological polar surface area (TPSA) is 66.4 Å². The highest BCUT2D eigenvalue weighted by atomic mass is 16.4. The highest BCUT2D eigenvalue weighted by Crippen LogP contribution is 2.38. The molecule has 4 nitrogen and oxygen atoms in total. The summed E-state index contributed by atoms with van der Waals surface area (Å²) < 4.78 is 0. The number of nitrogens with one attached hydrogen (secondary N) is 1. The van der Waals surface area contributed by atoms with E-state index >= 15 is 0 Å². The maximum Gasteiger partial charge on any atom is 0.311 e. The lowest BCUT2D eigenvalue weighted by Gasteiger charge is -2.28. The average molecular weight is 275 g/mol. The molecule has 0 aliphatic heterocycles. The van der Waals surface area contributed by atoms with Gasteiger partial charge in [-0.25, -0.2) is 0 Å². The number of aryl methyl sites for hydroxylation is 1. The first kappa shape index (κ1) is 14.6. The van der Waals surface area contributed by atoms with Crippen molar-refractivity contribution in [2.24, 2.45) is 5.41 Å². The molecule has 20 heavy (non-hydrogen) atoms. The Morgan fingerprint density at radius 1 is 1.35 bits per heavy atom. The highest BCUT2D eigenvalue weighted by Gasteiger charge is 2.46. The molecule has 0 heterocycles. The Hall–Kier alpha value is -1.84. The Kier molecular flexibility index (Phi) is 3.84. The van der Waals surface area contributed by atoms with Crippen LogP contribution in [0.3, 0.4) is 0 Å².